The molecule has 11 atom stereocenters. The van der Waals surface area contributed by atoms with Gasteiger partial charge in [-0.25, -0.2) is 4.79 Å². The van der Waals surface area contributed by atoms with Gasteiger partial charge in [0.15, 0.2) is 6.10 Å². The molecule has 3 aliphatic heterocycles. The number of ether oxygens (including phenoxy) is 3. The summed E-state index contributed by atoms with van der Waals surface area (Å²) < 4.78 is 17.2. The molecule has 4 bridgehead atoms. The number of aliphatic carboxylic acids is 1. The lowest BCUT2D eigenvalue weighted by molar-refractivity contribution is -0.171. The van der Waals surface area contributed by atoms with Crippen molar-refractivity contribution >= 4 is 23.5 Å². The molecule has 196 valence electrons. The maximum atomic E-state index is 13.0. The lowest BCUT2D eigenvalue weighted by atomic mass is 9.97. The van der Waals surface area contributed by atoms with E-state index in [1.165, 1.54) is 30.4 Å². The summed E-state index contributed by atoms with van der Waals surface area (Å²) in [4.78, 5) is 23.9. The predicted molar refractivity (Wildman–Crippen MR) is 123 cm³/mol. The van der Waals surface area contributed by atoms with Gasteiger partial charge in [-0.15, -0.1) is 0 Å². The van der Waals surface area contributed by atoms with Crippen molar-refractivity contribution in [2.24, 2.45) is 11.8 Å². The average Bonchev–Trinajstić information content (AvgIpc) is 3.38. The lowest BCUT2D eigenvalue weighted by Gasteiger charge is -2.25. The van der Waals surface area contributed by atoms with Crippen molar-refractivity contribution in [2.45, 2.75) is 88.0 Å². The normalized spacial score (nSPS) is 41.5. The van der Waals surface area contributed by atoms with Crippen LogP contribution in [0, 0.1) is 11.8 Å². The van der Waals surface area contributed by atoms with Gasteiger partial charge < -0.3 is 39.7 Å². The van der Waals surface area contributed by atoms with Gasteiger partial charge in [-0.2, -0.15) is 0 Å². The SMILES string of the molecule is CC(C=CC(O)C1OC2CC1OC(=O)C1OC(CC1C)C(O)C(O)C=C/C=C(\Cl)C2O)CC(=O)O. The third-order valence-corrected chi connectivity index (χ3v) is 6.85. The van der Waals surface area contributed by atoms with Crippen LogP contribution in [0.2, 0.25) is 0 Å². The topological polar surface area (TPSA) is 163 Å². The molecule has 2 fully saturated rings. The van der Waals surface area contributed by atoms with Crippen LogP contribution in [-0.4, -0.2) is 92.4 Å². The molecule has 11 unspecified atom stereocenters. The van der Waals surface area contributed by atoms with E-state index >= 15 is 0 Å². The van der Waals surface area contributed by atoms with Crippen LogP contribution < -0.4 is 0 Å². The molecule has 3 rings (SSSR count). The Labute approximate surface area is 208 Å². The second kappa shape index (κ2) is 12.0. The van der Waals surface area contributed by atoms with Gasteiger partial charge in [-0.05, 0) is 24.3 Å². The first-order valence-electron chi connectivity index (χ1n) is 11.7. The summed E-state index contributed by atoms with van der Waals surface area (Å²) in [6.07, 6.45) is -2.65. The molecule has 0 aromatic rings. The van der Waals surface area contributed by atoms with Crippen molar-refractivity contribution in [3.8, 4) is 0 Å². The Hall–Kier alpha value is -1.79. The molecule has 0 radical (unpaired) electrons. The van der Waals surface area contributed by atoms with E-state index in [1.54, 1.807) is 13.8 Å². The highest BCUT2D eigenvalue weighted by Crippen LogP contribution is 2.35. The summed E-state index contributed by atoms with van der Waals surface area (Å²) in [7, 11) is 0. The Morgan fingerprint density at radius 3 is 2.57 bits per heavy atom. The van der Waals surface area contributed by atoms with Crippen LogP contribution in [0.5, 0.6) is 0 Å². The smallest absolute Gasteiger partial charge is 0.335 e. The number of halogens is 1. The first kappa shape index (κ1) is 27.8. The minimum Gasteiger partial charge on any atom is -0.481 e. The molecular formula is C24H33ClO10. The number of hydrogen-bond donors (Lipinski definition) is 5. The second-order valence-corrected chi connectivity index (χ2v) is 9.91. The van der Waals surface area contributed by atoms with Crippen LogP contribution in [0.15, 0.2) is 35.4 Å². The number of carboxylic acid groups (broad SMARTS) is 1. The largest absolute Gasteiger partial charge is 0.481 e. The van der Waals surface area contributed by atoms with Gasteiger partial charge in [0.25, 0.3) is 0 Å². The molecule has 35 heavy (non-hydrogen) atoms. The standard InChI is InChI=1S/C24H33ClO10/c1-11(8-19(28)29)6-7-15(27)23-18-10-17(34-23)20(30)13(25)4-3-5-14(26)21(31)16-9-12(2)22(33-16)24(32)35-18/h3-7,11-12,14-18,20-23,26-27,30-31H,8-10H2,1-2H3,(H,28,29)/b5-3?,7-6?,13-4-. The monoisotopic (exact) mass is 516 g/mol. The van der Waals surface area contributed by atoms with Gasteiger partial charge in [-0.3, -0.25) is 4.79 Å². The Morgan fingerprint density at radius 2 is 1.89 bits per heavy atom. The molecule has 11 heteroatoms. The predicted octanol–water partition coefficient (Wildman–Crippen LogP) is 0.652. The van der Waals surface area contributed by atoms with Gasteiger partial charge in [0.05, 0.1) is 18.6 Å². The molecule has 2 saturated heterocycles. The number of fused-ring (bicyclic) bond motifs is 4. The molecule has 0 saturated carbocycles. The Kier molecular flexibility index (Phi) is 9.50. The summed E-state index contributed by atoms with van der Waals surface area (Å²) in [5, 5.41) is 51.0. The third kappa shape index (κ3) is 6.91. The Balaban J connectivity index is 1.86. The number of carbonyl (C=O) groups excluding carboxylic acids is 1. The second-order valence-electron chi connectivity index (χ2n) is 9.47. The van der Waals surface area contributed by atoms with Crippen LogP contribution in [0.1, 0.15) is 33.1 Å². The molecule has 10 nitrogen and oxygen atoms in total. The summed E-state index contributed by atoms with van der Waals surface area (Å²) >= 11 is 6.21. The highest BCUT2D eigenvalue weighted by atomic mass is 35.5. The van der Waals surface area contributed by atoms with Crippen molar-refractivity contribution in [1.29, 1.82) is 0 Å². The zero-order chi connectivity index (χ0) is 25.9. The Morgan fingerprint density at radius 1 is 1.17 bits per heavy atom. The van der Waals surface area contributed by atoms with Crippen LogP contribution in [-0.2, 0) is 23.8 Å². The van der Waals surface area contributed by atoms with Gasteiger partial charge >= 0.3 is 11.9 Å². The van der Waals surface area contributed by atoms with Gasteiger partial charge in [0.2, 0.25) is 0 Å². The zero-order valence-corrected chi connectivity index (χ0v) is 20.3. The molecule has 3 heterocycles. The number of carbonyl (C=O) groups is 2. The molecule has 0 aromatic carbocycles. The first-order valence-corrected chi connectivity index (χ1v) is 12.0. The van der Waals surface area contributed by atoms with Crippen molar-refractivity contribution in [3.63, 3.8) is 0 Å². The maximum absolute atomic E-state index is 13.0. The summed E-state index contributed by atoms with van der Waals surface area (Å²) in [6.45, 7) is 3.45. The van der Waals surface area contributed by atoms with E-state index in [0.717, 1.165) is 0 Å². The van der Waals surface area contributed by atoms with Gasteiger partial charge in [0, 0.05) is 11.5 Å². The van der Waals surface area contributed by atoms with Gasteiger partial charge in [-0.1, -0.05) is 49.8 Å². The van der Waals surface area contributed by atoms with Crippen LogP contribution in [0.3, 0.4) is 0 Å². The number of aliphatic hydroxyl groups excluding tert-OH is 4. The lowest BCUT2D eigenvalue weighted by Crippen LogP contribution is -2.40. The molecule has 0 aromatic heterocycles. The number of hydrogen-bond acceptors (Lipinski definition) is 9. The third-order valence-electron chi connectivity index (χ3n) is 6.50. The molecule has 0 spiro atoms. The number of esters is 1. The minimum absolute atomic E-state index is 0.0138. The number of rotatable bonds is 5. The zero-order valence-electron chi connectivity index (χ0n) is 19.5. The fourth-order valence-electron chi connectivity index (χ4n) is 4.55. The fraction of sp³-hybridized carbons (Fsp3) is 0.667. The van der Waals surface area contributed by atoms with Crippen LogP contribution in [0.25, 0.3) is 0 Å². The maximum Gasteiger partial charge on any atom is 0.335 e. The van der Waals surface area contributed by atoms with E-state index in [4.69, 9.17) is 30.9 Å². The Bertz CT molecular complexity index is 857. The minimum atomic E-state index is -1.31. The fourth-order valence-corrected chi connectivity index (χ4v) is 4.76. The van der Waals surface area contributed by atoms with E-state index in [0.29, 0.717) is 6.42 Å². The van der Waals surface area contributed by atoms with E-state index in [9.17, 15) is 30.0 Å². The number of allylic oxidation sites excluding steroid dienone is 3. The van der Waals surface area contributed by atoms with Crippen molar-refractivity contribution in [3.05, 3.63) is 35.4 Å². The molecule has 0 aliphatic carbocycles. The average molecular weight is 517 g/mol. The van der Waals surface area contributed by atoms with E-state index < -0.39 is 66.9 Å². The summed E-state index contributed by atoms with van der Waals surface area (Å²) in [5.41, 5.74) is 0. The van der Waals surface area contributed by atoms with E-state index in [2.05, 4.69) is 0 Å². The highest BCUT2D eigenvalue weighted by Gasteiger charge is 2.48. The molecule has 0 amide bonds. The molecule has 5 N–H and O–H groups in total. The van der Waals surface area contributed by atoms with E-state index in [-0.39, 0.29) is 29.7 Å². The van der Waals surface area contributed by atoms with Gasteiger partial charge in [0.1, 0.15) is 36.6 Å². The molecular weight excluding hydrogens is 484 g/mol. The summed E-state index contributed by atoms with van der Waals surface area (Å²) in [5.74, 6) is -2.34. The highest BCUT2D eigenvalue weighted by molar-refractivity contribution is 6.30. The summed E-state index contributed by atoms with van der Waals surface area (Å²) in [6, 6.07) is 0. The van der Waals surface area contributed by atoms with E-state index in [1.807, 2.05) is 0 Å². The van der Waals surface area contributed by atoms with Crippen molar-refractivity contribution < 1.29 is 49.3 Å². The first-order chi connectivity index (χ1) is 16.5. The van der Waals surface area contributed by atoms with Crippen molar-refractivity contribution in [2.75, 3.05) is 0 Å². The van der Waals surface area contributed by atoms with Crippen LogP contribution >= 0.6 is 11.6 Å². The molecule has 3 aliphatic rings. The number of carboxylic acids is 1. The van der Waals surface area contributed by atoms with Crippen LogP contribution in [0.4, 0.5) is 0 Å². The number of aliphatic hydroxyl groups is 4. The quantitative estimate of drug-likeness (QED) is 0.259. The van der Waals surface area contributed by atoms with Crippen molar-refractivity contribution in [1.82, 2.24) is 0 Å².